The van der Waals surface area contributed by atoms with Crippen LogP contribution in [-0.2, 0) is 4.74 Å². The van der Waals surface area contributed by atoms with Gasteiger partial charge in [-0.25, -0.2) is 9.78 Å². The van der Waals surface area contributed by atoms with E-state index in [4.69, 9.17) is 4.74 Å². The van der Waals surface area contributed by atoms with Crippen LogP contribution in [-0.4, -0.2) is 29.8 Å². The Morgan fingerprint density at radius 3 is 2.37 bits per heavy atom. The third-order valence-corrected chi connectivity index (χ3v) is 4.01. The quantitative estimate of drug-likeness (QED) is 0.720. The lowest BCUT2D eigenvalue weighted by atomic mass is 10.1. The molecule has 1 heterocycles. The minimum absolute atomic E-state index is 0.448. The number of hydrogen-bond acceptors (Lipinski definition) is 5. The third kappa shape index (κ3) is 6.16. The van der Waals surface area contributed by atoms with E-state index in [0.29, 0.717) is 5.82 Å². The maximum Gasteiger partial charge on any atom is 0.413 e. The van der Waals surface area contributed by atoms with Crippen molar-refractivity contribution >= 4 is 29.0 Å². The molecule has 2 rings (SSSR count). The number of pyridine rings is 1. The highest BCUT2D eigenvalue weighted by Gasteiger charge is 2.16. The summed E-state index contributed by atoms with van der Waals surface area (Å²) in [6, 6.07) is 9.99. The molecule has 0 aliphatic carbocycles. The molecule has 6 heteroatoms. The zero-order chi connectivity index (χ0) is 20.0. The summed E-state index contributed by atoms with van der Waals surface area (Å²) in [7, 11) is 0. The summed E-state index contributed by atoms with van der Waals surface area (Å²) in [6.07, 6.45) is 1.17. The second kappa shape index (κ2) is 8.75. The molecule has 0 saturated heterocycles. The lowest BCUT2D eigenvalue weighted by molar-refractivity contribution is 0.0635. The van der Waals surface area contributed by atoms with Gasteiger partial charge in [0.15, 0.2) is 0 Å². The van der Waals surface area contributed by atoms with E-state index in [9.17, 15) is 4.79 Å². The molecule has 2 N–H and O–H groups in total. The fraction of sp³-hybridized carbons (Fsp3) is 0.429. The number of amides is 1. The maximum absolute atomic E-state index is 11.8. The molecule has 0 unspecified atom stereocenters. The minimum Gasteiger partial charge on any atom is -0.444 e. The predicted molar refractivity (Wildman–Crippen MR) is 112 cm³/mol. The SMILES string of the molecule is CCN(CC)c1ccc(Nc2ccc(NC(=O)OC(C)(C)C)nc2)c(C)c1. The van der Waals surface area contributed by atoms with E-state index in [1.54, 1.807) is 12.3 Å². The van der Waals surface area contributed by atoms with Gasteiger partial charge in [-0.2, -0.15) is 0 Å². The number of rotatable bonds is 6. The van der Waals surface area contributed by atoms with Gasteiger partial charge in [0.25, 0.3) is 0 Å². The topological polar surface area (TPSA) is 66.5 Å². The van der Waals surface area contributed by atoms with E-state index in [0.717, 1.165) is 30.0 Å². The van der Waals surface area contributed by atoms with Crippen molar-refractivity contribution in [1.29, 1.82) is 0 Å². The number of nitrogens with zero attached hydrogens (tertiary/aromatic N) is 2. The van der Waals surface area contributed by atoms with Gasteiger partial charge in [-0.15, -0.1) is 0 Å². The molecule has 0 bridgehead atoms. The van der Waals surface area contributed by atoms with Crippen molar-refractivity contribution < 1.29 is 9.53 Å². The van der Waals surface area contributed by atoms with Crippen LogP contribution in [0.4, 0.5) is 27.7 Å². The Bertz CT molecular complexity index is 763. The molecule has 1 aromatic carbocycles. The number of ether oxygens (including phenoxy) is 1. The average molecular weight is 370 g/mol. The largest absolute Gasteiger partial charge is 0.444 e. The van der Waals surface area contributed by atoms with Crippen molar-refractivity contribution in [3.05, 3.63) is 42.1 Å². The highest BCUT2D eigenvalue weighted by Crippen LogP contribution is 2.25. The fourth-order valence-electron chi connectivity index (χ4n) is 2.68. The van der Waals surface area contributed by atoms with Gasteiger partial charge in [-0.1, -0.05) is 0 Å². The number of anilines is 4. The van der Waals surface area contributed by atoms with Crippen LogP contribution in [0.15, 0.2) is 36.5 Å². The minimum atomic E-state index is -0.541. The van der Waals surface area contributed by atoms with Crippen LogP contribution in [0.1, 0.15) is 40.2 Å². The van der Waals surface area contributed by atoms with Gasteiger partial charge in [0.05, 0.1) is 11.9 Å². The maximum atomic E-state index is 11.8. The number of nitrogens with one attached hydrogen (secondary N) is 2. The van der Waals surface area contributed by atoms with Crippen molar-refractivity contribution in [1.82, 2.24) is 4.98 Å². The van der Waals surface area contributed by atoms with Gasteiger partial charge in [0.2, 0.25) is 0 Å². The van der Waals surface area contributed by atoms with Gasteiger partial charge in [-0.05, 0) is 77.4 Å². The molecule has 0 spiro atoms. The zero-order valence-corrected chi connectivity index (χ0v) is 17.1. The van der Waals surface area contributed by atoms with Crippen molar-refractivity contribution in [3.63, 3.8) is 0 Å². The van der Waals surface area contributed by atoms with Gasteiger partial charge in [0.1, 0.15) is 11.4 Å². The van der Waals surface area contributed by atoms with Crippen molar-refractivity contribution in [2.45, 2.75) is 47.1 Å². The van der Waals surface area contributed by atoms with E-state index in [1.165, 1.54) is 5.69 Å². The van der Waals surface area contributed by atoms with E-state index in [2.05, 4.69) is 59.5 Å². The van der Waals surface area contributed by atoms with Crippen LogP contribution in [0.25, 0.3) is 0 Å². The van der Waals surface area contributed by atoms with Crippen molar-refractivity contribution in [2.24, 2.45) is 0 Å². The number of carbonyl (C=O) groups is 1. The summed E-state index contributed by atoms with van der Waals surface area (Å²) in [4.78, 5) is 18.4. The smallest absolute Gasteiger partial charge is 0.413 e. The Hall–Kier alpha value is -2.76. The molecular weight excluding hydrogens is 340 g/mol. The second-order valence-corrected chi connectivity index (χ2v) is 7.36. The van der Waals surface area contributed by atoms with Gasteiger partial charge >= 0.3 is 6.09 Å². The first-order valence-electron chi connectivity index (χ1n) is 9.30. The van der Waals surface area contributed by atoms with E-state index < -0.39 is 11.7 Å². The number of benzene rings is 1. The van der Waals surface area contributed by atoms with Crippen LogP contribution in [0.5, 0.6) is 0 Å². The first kappa shape index (κ1) is 20.6. The molecule has 0 radical (unpaired) electrons. The Morgan fingerprint density at radius 1 is 1.15 bits per heavy atom. The average Bonchev–Trinajstić information content (AvgIpc) is 2.58. The highest BCUT2D eigenvalue weighted by molar-refractivity contribution is 5.83. The van der Waals surface area contributed by atoms with Gasteiger partial charge < -0.3 is 15.0 Å². The lowest BCUT2D eigenvalue weighted by Gasteiger charge is -2.22. The molecule has 1 aromatic heterocycles. The Labute approximate surface area is 161 Å². The number of aryl methyl sites for hydroxylation is 1. The normalized spacial score (nSPS) is 11.0. The molecule has 146 valence electrons. The first-order chi connectivity index (χ1) is 12.7. The first-order valence-corrected chi connectivity index (χ1v) is 9.30. The van der Waals surface area contributed by atoms with E-state index in [1.807, 2.05) is 26.8 Å². The van der Waals surface area contributed by atoms with Gasteiger partial charge in [0, 0.05) is 24.5 Å². The molecule has 0 saturated carbocycles. The number of aromatic nitrogens is 1. The molecule has 0 fully saturated rings. The summed E-state index contributed by atoms with van der Waals surface area (Å²) in [6.45, 7) is 13.8. The highest BCUT2D eigenvalue weighted by atomic mass is 16.6. The zero-order valence-electron chi connectivity index (χ0n) is 17.1. The van der Waals surface area contributed by atoms with Crippen molar-refractivity contribution in [2.75, 3.05) is 28.6 Å². The van der Waals surface area contributed by atoms with Crippen LogP contribution < -0.4 is 15.5 Å². The second-order valence-electron chi connectivity index (χ2n) is 7.36. The lowest BCUT2D eigenvalue weighted by Crippen LogP contribution is -2.27. The number of carbonyl (C=O) groups excluding carboxylic acids is 1. The summed E-state index contributed by atoms with van der Waals surface area (Å²) >= 11 is 0. The Balaban J connectivity index is 2.03. The monoisotopic (exact) mass is 370 g/mol. The molecule has 0 aliphatic heterocycles. The van der Waals surface area contributed by atoms with Crippen LogP contribution in [0.3, 0.4) is 0 Å². The standard InChI is InChI=1S/C21H30N4O2/c1-7-25(8-2)17-10-11-18(15(3)13-17)23-16-9-12-19(22-14-16)24-20(26)27-21(4,5)6/h9-14,23H,7-8H2,1-6H3,(H,22,24,26). The molecule has 27 heavy (non-hydrogen) atoms. The predicted octanol–water partition coefficient (Wildman–Crippen LogP) is 5.33. The Morgan fingerprint density at radius 2 is 1.85 bits per heavy atom. The Kier molecular flexibility index (Phi) is 6.66. The summed E-state index contributed by atoms with van der Waals surface area (Å²) in [5.74, 6) is 0.448. The molecule has 1 amide bonds. The third-order valence-electron chi connectivity index (χ3n) is 4.01. The van der Waals surface area contributed by atoms with E-state index in [-0.39, 0.29) is 0 Å². The summed E-state index contributed by atoms with van der Waals surface area (Å²) < 4.78 is 5.22. The molecule has 2 aromatic rings. The van der Waals surface area contributed by atoms with Crippen molar-refractivity contribution in [3.8, 4) is 0 Å². The molecule has 0 atom stereocenters. The number of hydrogen-bond donors (Lipinski definition) is 2. The molecule has 0 aliphatic rings. The van der Waals surface area contributed by atoms with Crippen LogP contribution in [0.2, 0.25) is 0 Å². The van der Waals surface area contributed by atoms with Crippen LogP contribution >= 0.6 is 0 Å². The molecule has 6 nitrogen and oxygen atoms in total. The summed E-state index contributed by atoms with van der Waals surface area (Å²) in [5, 5.41) is 6.00. The fourth-order valence-corrected chi connectivity index (χ4v) is 2.68. The van der Waals surface area contributed by atoms with Crippen LogP contribution in [0, 0.1) is 6.92 Å². The van der Waals surface area contributed by atoms with E-state index >= 15 is 0 Å². The summed E-state index contributed by atoms with van der Waals surface area (Å²) in [5.41, 5.74) is 3.72. The molecular formula is C21H30N4O2. The van der Waals surface area contributed by atoms with Gasteiger partial charge in [-0.3, -0.25) is 5.32 Å².